The number of rotatable bonds is 11. The van der Waals surface area contributed by atoms with E-state index in [4.69, 9.17) is 14.2 Å². The molecule has 0 radical (unpaired) electrons. The van der Waals surface area contributed by atoms with E-state index in [-0.39, 0.29) is 5.82 Å². The average Bonchev–Trinajstić information content (AvgIpc) is 2.64. The Kier molecular flexibility index (Phi) is 8.88. The first kappa shape index (κ1) is 20.7. The summed E-state index contributed by atoms with van der Waals surface area (Å²) in [7, 11) is 1.70. The monoisotopic (exact) mass is 425 g/mol. The molecule has 0 unspecified atom stereocenters. The van der Waals surface area contributed by atoms with E-state index in [2.05, 4.69) is 21.2 Å². The van der Waals surface area contributed by atoms with Crippen molar-refractivity contribution in [3.05, 3.63) is 57.8 Å². The summed E-state index contributed by atoms with van der Waals surface area (Å²) in [4.78, 5) is 0. The van der Waals surface area contributed by atoms with E-state index >= 15 is 0 Å². The topological polar surface area (TPSA) is 39.7 Å². The lowest BCUT2D eigenvalue weighted by atomic mass is 10.2. The molecule has 4 nitrogen and oxygen atoms in total. The number of ether oxygens (including phenoxy) is 3. The fourth-order valence-electron chi connectivity index (χ4n) is 2.40. The molecule has 0 aliphatic rings. The lowest BCUT2D eigenvalue weighted by molar-refractivity contribution is 0.194. The highest BCUT2D eigenvalue weighted by atomic mass is 79.9. The van der Waals surface area contributed by atoms with E-state index in [1.807, 2.05) is 19.1 Å². The van der Waals surface area contributed by atoms with Crippen LogP contribution in [0.25, 0.3) is 0 Å². The molecule has 0 aliphatic carbocycles. The van der Waals surface area contributed by atoms with Crippen LogP contribution in [0, 0.1) is 5.82 Å². The molecule has 0 bridgehead atoms. The number of hydrogen-bond acceptors (Lipinski definition) is 4. The van der Waals surface area contributed by atoms with E-state index < -0.39 is 0 Å². The third-order valence-electron chi connectivity index (χ3n) is 3.74. The molecule has 6 heteroatoms. The molecular weight excluding hydrogens is 401 g/mol. The van der Waals surface area contributed by atoms with Gasteiger partial charge in [-0.25, -0.2) is 4.39 Å². The number of hydrogen-bond donors (Lipinski definition) is 1. The van der Waals surface area contributed by atoms with Crippen LogP contribution in [0.3, 0.4) is 0 Å². The van der Waals surface area contributed by atoms with E-state index in [1.54, 1.807) is 19.2 Å². The molecule has 0 atom stereocenters. The predicted molar refractivity (Wildman–Crippen MR) is 104 cm³/mol. The van der Waals surface area contributed by atoms with Crippen molar-refractivity contribution in [2.45, 2.75) is 26.5 Å². The molecule has 0 spiro atoms. The first-order valence-corrected chi connectivity index (χ1v) is 9.45. The predicted octanol–water partition coefficient (Wildman–Crippen LogP) is 4.69. The minimum absolute atomic E-state index is 0.256. The first-order valence-electron chi connectivity index (χ1n) is 8.66. The van der Waals surface area contributed by atoms with E-state index in [0.717, 1.165) is 41.7 Å². The fourth-order valence-corrected chi connectivity index (χ4v) is 2.86. The van der Waals surface area contributed by atoms with Crippen LogP contribution in [0.4, 0.5) is 4.39 Å². The maximum Gasteiger partial charge on any atom is 0.162 e. The van der Waals surface area contributed by atoms with Crippen molar-refractivity contribution in [3.8, 4) is 11.5 Å². The van der Waals surface area contributed by atoms with Gasteiger partial charge in [0.2, 0.25) is 0 Å². The minimum Gasteiger partial charge on any atom is -0.490 e. The highest BCUT2D eigenvalue weighted by Crippen LogP contribution is 2.34. The standard InChI is InChI=1S/C20H25BrFNO3/c1-3-25-19-11-16(13-23-9-4-10-24-2)18(21)12-20(19)26-14-15-5-7-17(22)8-6-15/h5-8,11-12,23H,3-4,9-10,13-14H2,1-2H3. The lowest BCUT2D eigenvalue weighted by Crippen LogP contribution is -2.16. The van der Waals surface area contributed by atoms with Gasteiger partial charge in [-0.15, -0.1) is 0 Å². The second-order valence-corrected chi connectivity index (χ2v) is 6.62. The van der Waals surface area contributed by atoms with Crippen LogP contribution in [-0.4, -0.2) is 26.9 Å². The average molecular weight is 426 g/mol. The van der Waals surface area contributed by atoms with Gasteiger partial charge in [0.25, 0.3) is 0 Å². The molecule has 0 saturated heterocycles. The number of benzene rings is 2. The summed E-state index contributed by atoms with van der Waals surface area (Å²) in [5.41, 5.74) is 1.99. The van der Waals surface area contributed by atoms with Crippen LogP contribution in [0.1, 0.15) is 24.5 Å². The van der Waals surface area contributed by atoms with Gasteiger partial charge in [0.05, 0.1) is 6.61 Å². The molecule has 2 aromatic carbocycles. The SMILES string of the molecule is CCOc1cc(CNCCCOC)c(Br)cc1OCc1ccc(F)cc1. The highest BCUT2D eigenvalue weighted by molar-refractivity contribution is 9.10. The molecule has 2 rings (SSSR count). The zero-order valence-corrected chi connectivity index (χ0v) is 16.8. The summed E-state index contributed by atoms with van der Waals surface area (Å²) < 4.78 is 30.6. The summed E-state index contributed by atoms with van der Waals surface area (Å²) in [6.45, 7) is 5.19. The van der Waals surface area contributed by atoms with Crippen molar-refractivity contribution in [2.75, 3.05) is 26.9 Å². The van der Waals surface area contributed by atoms with Crippen LogP contribution >= 0.6 is 15.9 Å². The second kappa shape index (κ2) is 11.2. The molecule has 0 heterocycles. The maximum absolute atomic E-state index is 13.0. The molecule has 0 aliphatic heterocycles. The maximum atomic E-state index is 13.0. The third kappa shape index (κ3) is 6.59. The summed E-state index contributed by atoms with van der Waals surface area (Å²) >= 11 is 3.60. The zero-order chi connectivity index (χ0) is 18.8. The van der Waals surface area contributed by atoms with Crippen LogP contribution in [-0.2, 0) is 17.9 Å². The zero-order valence-electron chi connectivity index (χ0n) is 15.2. The Balaban J connectivity index is 2.03. The summed E-state index contributed by atoms with van der Waals surface area (Å²) in [5, 5.41) is 3.39. The van der Waals surface area contributed by atoms with Gasteiger partial charge in [0.15, 0.2) is 11.5 Å². The van der Waals surface area contributed by atoms with Crippen LogP contribution in [0.15, 0.2) is 40.9 Å². The van der Waals surface area contributed by atoms with Gasteiger partial charge in [-0.3, -0.25) is 0 Å². The Morgan fingerprint density at radius 1 is 1.08 bits per heavy atom. The molecule has 142 valence electrons. The molecular formula is C20H25BrFNO3. The van der Waals surface area contributed by atoms with Gasteiger partial charge in [-0.1, -0.05) is 28.1 Å². The largest absolute Gasteiger partial charge is 0.490 e. The van der Waals surface area contributed by atoms with Crippen LogP contribution in [0.5, 0.6) is 11.5 Å². The number of methoxy groups -OCH3 is 1. The Morgan fingerprint density at radius 2 is 1.81 bits per heavy atom. The fraction of sp³-hybridized carbons (Fsp3) is 0.400. The highest BCUT2D eigenvalue weighted by Gasteiger charge is 2.11. The number of nitrogens with one attached hydrogen (secondary N) is 1. The van der Waals surface area contributed by atoms with Crippen molar-refractivity contribution >= 4 is 15.9 Å². The Hall–Kier alpha value is -1.63. The van der Waals surface area contributed by atoms with Crippen molar-refractivity contribution in [1.82, 2.24) is 5.32 Å². The van der Waals surface area contributed by atoms with Crippen LogP contribution in [0.2, 0.25) is 0 Å². The Labute approximate surface area is 162 Å². The second-order valence-electron chi connectivity index (χ2n) is 5.76. The van der Waals surface area contributed by atoms with Gasteiger partial charge in [-0.05, 0) is 55.3 Å². The van der Waals surface area contributed by atoms with Crippen LogP contribution < -0.4 is 14.8 Å². The molecule has 0 amide bonds. The van der Waals surface area contributed by atoms with Crippen molar-refractivity contribution in [1.29, 1.82) is 0 Å². The van der Waals surface area contributed by atoms with E-state index in [9.17, 15) is 4.39 Å². The molecule has 26 heavy (non-hydrogen) atoms. The quantitative estimate of drug-likeness (QED) is 0.530. The van der Waals surface area contributed by atoms with Gasteiger partial charge in [0.1, 0.15) is 12.4 Å². The molecule has 0 saturated carbocycles. The van der Waals surface area contributed by atoms with Crippen molar-refractivity contribution < 1.29 is 18.6 Å². The third-order valence-corrected chi connectivity index (χ3v) is 4.48. The summed E-state index contributed by atoms with van der Waals surface area (Å²) in [5.74, 6) is 1.10. The van der Waals surface area contributed by atoms with Gasteiger partial charge < -0.3 is 19.5 Å². The number of halogens is 2. The van der Waals surface area contributed by atoms with Gasteiger partial charge >= 0.3 is 0 Å². The molecule has 0 aromatic heterocycles. The van der Waals surface area contributed by atoms with E-state index in [0.29, 0.717) is 24.7 Å². The van der Waals surface area contributed by atoms with E-state index in [1.165, 1.54) is 12.1 Å². The molecule has 1 N–H and O–H groups in total. The normalized spacial score (nSPS) is 10.8. The summed E-state index contributed by atoms with van der Waals surface area (Å²) in [6.07, 6.45) is 0.964. The summed E-state index contributed by atoms with van der Waals surface area (Å²) in [6, 6.07) is 10.2. The Bertz CT molecular complexity index is 680. The molecule has 0 fully saturated rings. The molecule has 2 aromatic rings. The first-order chi connectivity index (χ1) is 12.6. The minimum atomic E-state index is -0.256. The van der Waals surface area contributed by atoms with Gasteiger partial charge in [0, 0.05) is 24.7 Å². The van der Waals surface area contributed by atoms with Crippen molar-refractivity contribution in [2.24, 2.45) is 0 Å². The van der Waals surface area contributed by atoms with Crippen molar-refractivity contribution in [3.63, 3.8) is 0 Å². The van der Waals surface area contributed by atoms with Gasteiger partial charge in [-0.2, -0.15) is 0 Å². The Morgan fingerprint density at radius 3 is 2.50 bits per heavy atom. The smallest absolute Gasteiger partial charge is 0.162 e. The lowest BCUT2D eigenvalue weighted by Gasteiger charge is -2.15.